The molecule has 0 bridgehead atoms. The number of hydrogen-bond acceptors (Lipinski definition) is 4. The van der Waals surface area contributed by atoms with Gasteiger partial charge in [-0.1, -0.05) is 121 Å². The van der Waals surface area contributed by atoms with E-state index in [0.29, 0.717) is 30.8 Å². The van der Waals surface area contributed by atoms with Crippen molar-refractivity contribution in [1.82, 2.24) is 4.90 Å². The Morgan fingerprint density at radius 3 is 2.05 bits per heavy atom. The summed E-state index contributed by atoms with van der Waals surface area (Å²) in [5, 5.41) is 27.2. The highest BCUT2D eigenvalue weighted by molar-refractivity contribution is 5.85. The fourth-order valence-corrected chi connectivity index (χ4v) is 8.10. The van der Waals surface area contributed by atoms with Crippen LogP contribution >= 0.6 is 0 Å². The Kier molecular flexibility index (Phi) is 7.23. The van der Waals surface area contributed by atoms with Gasteiger partial charge in [0.15, 0.2) is 0 Å². The van der Waals surface area contributed by atoms with Crippen LogP contribution in [0.2, 0.25) is 0 Å². The fraction of sp³-hybridized carbons (Fsp3) is 0.256. The monoisotopic (exact) mass is 583 g/mol. The molecule has 1 aliphatic carbocycles. The first-order valence-electron chi connectivity index (χ1n) is 15.4. The summed E-state index contributed by atoms with van der Waals surface area (Å²) in [4.78, 5) is 16.0. The number of carbonyl (C=O) groups is 1. The average Bonchev–Trinajstić information content (AvgIpc) is 3.54. The summed E-state index contributed by atoms with van der Waals surface area (Å²) < 4.78 is 5.72. The van der Waals surface area contributed by atoms with Gasteiger partial charge in [0.25, 0.3) is 0 Å². The Balaban J connectivity index is 1.34. The van der Waals surface area contributed by atoms with E-state index in [2.05, 4.69) is 48.5 Å². The number of hydrogen-bond donors (Lipinski definition) is 2. The topological polar surface area (TPSA) is 70.0 Å². The molecule has 0 radical (unpaired) electrons. The number of amides is 1. The molecule has 1 amide bonds. The van der Waals surface area contributed by atoms with Gasteiger partial charge in [-0.15, -0.1) is 0 Å². The molecule has 2 N–H and O–H groups in total. The molecule has 4 unspecified atom stereocenters. The summed E-state index contributed by atoms with van der Waals surface area (Å²) in [6.45, 7) is 0.787. The number of fused-ring (bicyclic) bond motifs is 2. The third kappa shape index (κ3) is 4.50. The Labute approximate surface area is 258 Å². The standard InChI is InChI=1S/C39H37NO4/c1-44-35-19-11-10-18-32(35)39(43)34-26-40(37(42)23-27-20-21-28-12-8-9-13-29(28)22-27)25-33(34)38(24-36(39)41,30-14-4-2-5-15-30)31-16-6-3-7-17-31/h2-22,33-34,36,41,43H,23-26H2,1H3. The fourth-order valence-electron chi connectivity index (χ4n) is 8.10. The van der Waals surface area contributed by atoms with Crippen LogP contribution in [0.3, 0.4) is 0 Å². The van der Waals surface area contributed by atoms with E-state index < -0.39 is 23.0 Å². The van der Waals surface area contributed by atoms with Crippen molar-refractivity contribution in [2.24, 2.45) is 11.8 Å². The zero-order valence-corrected chi connectivity index (χ0v) is 24.8. The second-order valence-corrected chi connectivity index (χ2v) is 12.3. The molecule has 0 spiro atoms. The normalized spacial score (nSPS) is 24.2. The SMILES string of the molecule is COc1ccccc1C1(O)C(O)CC(c2ccccc2)(c2ccccc2)C2CN(C(=O)Cc3ccc4ccccc4c3)CC21. The average molecular weight is 584 g/mol. The first-order valence-corrected chi connectivity index (χ1v) is 15.4. The van der Waals surface area contributed by atoms with E-state index in [1.165, 1.54) is 0 Å². The molecule has 1 aliphatic heterocycles. The molecule has 5 aromatic carbocycles. The lowest BCUT2D eigenvalue weighted by Crippen LogP contribution is -2.60. The zero-order chi connectivity index (χ0) is 30.3. The van der Waals surface area contributed by atoms with Crippen LogP contribution in [0.4, 0.5) is 0 Å². The number of carbonyl (C=O) groups excluding carboxylic acids is 1. The lowest BCUT2D eigenvalue weighted by atomic mass is 9.51. The number of methoxy groups -OCH3 is 1. The van der Waals surface area contributed by atoms with Gasteiger partial charge in [0.1, 0.15) is 11.4 Å². The third-order valence-corrected chi connectivity index (χ3v) is 10.2. The zero-order valence-electron chi connectivity index (χ0n) is 24.8. The lowest BCUT2D eigenvalue weighted by Gasteiger charge is -2.55. The summed E-state index contributed by atoms with van der Waals surface area (Å²) >= 11 is 0. The maximum atomic E-state index is 14.1. The number of aliphatic hydroxyl groups excluding tert-OH is 1. The van der Waals surface area contributed by atoms with Crippen molar-refractivity contribution in [2.45, 2.75) is 30.0 Å². The number of ether oxygens (including phenoxy) is 1. The van der Waals surface area contributed by atoms with Crippen molar-refractivity contribution in [3.63, 3.8) is 0 Å². The molecular weight excluding hydrogens is 546 g/mol. The molecule has 1 heterocycles. The number of aliphatic hydroxyl groups is 2. The van der Waals surface area contributed by atoms with E-state index in [0.717, 1.165) is 27.5 Å². The predicted molar refractivity (Wildman–Crippen MR) is 172 cm³/mol. The molecule has 44 heavy (non-hydrogen) atoms. The molecule has 1 saturated carbocycles. The van der Waals surface area contributed by atoms with Crippen LogP contribution in [0.25, 0.3) is 10.8 Å². The Bertz CT molecular complexity index is 1750. The van der Waals surface area contributed by atoms with E-state index in [4.69, 9.17) is 4.74 Å². The van der Waals surface area contributed by atoms with E-state index in [9.17, 15) is 15.0 Å². The third-order valence-electron chi connectivity index (χ3n) is 10.2. The number of benzene rings is 5. The highest BCUT2D eigenvalue weighted by Crippen LogP contribution is 2.60. The summed E-state index contributed by atoms with van der Waals surface area (Å²) in [6, 6.07) is 42.3. The van der Waals surface area contributed by atoms with Crippen molar-refractivity contribution in [3.05, 3.63) is 150 Å². The minimum absolute atomic E-state index is 0.0153. The molecule has 7 rings (SSSR count). The van der Waals surface area contributed by atoms with E-state index in [1.54, 1.807) is 7.11 Å². The Hall–Kier alpha value is -4.45. The van der Waals surface area contributed by atoms with Crippen molar-refractivity contribution < 1.29 is 19.7 Å². The molecule has 2 aliphatic rings. The second kappa shape index (κ2) is 11.2. The maximum absolute atomic E-state index is 14.1. The van der Waals surface area contributed by atoms with Crippen LogP contribution in [0, 0.1) is 11.8 Å². The summed E-state index contributed by atoms with van der Waals surface area (Å²) in [7, 11) is 1.58. The van der Waals surface area contributed by atoms with Gasteiger partial charge < -0.3 is 19.8 Å². The molecular formula is C39H37NO4. The van der Waals surface area contributed by atoms with Gasteiger partial charge in [-0.25, -0.2) is 0 Å². The predicted octanol–water partition coefficient (Wildman–Crippen LogP) is 6.10. The van der Waals surface area contributed by atoms with Crippen LogP contribution in [0.5, 0.6) is 5.75 Å². The molecule has 5 heteroatoms. The summed E-state index contributed by atoms with van der Waals surface area (Å²) in [5.74, 6) is -0.0862. The first kappa shape index (κ1) is 28.3. The molecule has 2 fully saturated rings. The van der Waals surface area contributed by atoms with Gasteiger partial charge in [-0.2, -0.15) is 0 Å². The highest BCUT2D eigenvalue weighted by Gasteiger charge is 2.64. The van der Waals surface area contributed by atoms with E-state index in [1.807, 2.05) is 83.8 Å². The quantitative estimate of drug-likeness (QED) is 0.253. The lowest BCUT2D eigenvalue weighted by molar-refractivity contribution is -0.168. The Morgan fingerprint density at radius 2 is 1.36 bits per heavy atom. The van der Waals surface area contributed by atoms with Crippen LogP contribution in [-0.4, -0.2) is 47.3 Å². The smallest absolute Gasteiger partial charge is 0.227 e. The number of likely N-dealkylation sites (tertiary alicyclic amines) is 1. The van der Waals surface area contributed by atoms with Gasteiger partial charge in [0, 0.05) is 30.0 Å². The van der Waals surface area contributed by atoms with E-state index >= 15 is 0 Å². The van der Waals surface area contributed by atoms with Gasteiger partial charge in [-0.05, 0) is 45.9 Å². The summed E-state index contributed by atoms with van der Waals surface area (Å²) in [6.07, 6.45) is -0.552. The minimum atomic E-state index is -1.62. The van der Waals surface area contributed by atoms with Crippen LogP contribution in [-0.2, 0) is 22.2 Å². The number of rotatable bonds is 6. The molecule has 0 aromatic heterocycles. The van der Waals surface area contributed by atoms with E-state index in [-0.39, 0.29) is 18.2 Å². The van der Waals surface area contributed by atoms with Gasteiger partial charge in [0.05, 0.1) is 19.6 Å². The van der Waals surface area contributed by atoms with Gasteiger partial charge in [0.2, 0.25) is 5.91 Å². The van der Waals surface area contributed by atoms with Crippen LogP contribution < -0.4 is 4.74 Å². The summed E-state index contributed by atoms with van der Waals surface area (Å²) in [5.41, 5.74) is 1.42. The van der Waals surface area contributed by atoms with Crippen LogP contribution in [0.1, 0.15) is 28.7 Å². The molecule has 4 atom stereocenters. The maximum Gasteiger partial charge on any atom is 0.227 e. The number of nitrogens with zero attached hydrogens (tertiary/aromatic N) is 1. The molecule has 1 saturated heterocycles. The van der Waals surface area contributed by atoms with Crippen LogP contribution in [0.15, 0.2) is 127 Å². The van der Waals surface area contributed by atoms with Crippen molar-refractivity contribution in [3.8, 4) is 5.75 Å². The van der Waals surface area contributed by atoms with Gasteiger partial charge >= 0.3 is 0 Å². The second-order valence-electron chi connectivity index (χ2n) is 12.3. The van der Waals surface area contributed by atoms with Gasteiger partial charge in [-0.3, -0.25) is 4.79 Å². The molecule has 222 valence electrons. The molecule has 5 aromatic rings. The number of para-hydroxylation sites is 1. The first-order chi connectivity index (χ1) is 21.4. The molecule has 5 nitrogen and oxygen atoms in total. The minimum Gasteiger partial charge on any atom is -0.496 e. The Morgan fingerprint density at radius 1 is 0.773 bits per heavy atom. The van der Waals surface area contributed by atoms with Crippen molar-refractivity contribution in [1.29, 1.82) is 0 Å². The highest BCUT2D eigenvalue weighted by atomic mass is 16.5. The van der Waals surface area contributed by atoms with Crippen molar-refractivity contribution in [2.75, 3.05) is 20.2 Å². The largest absolute Gasteiger partial charge is 0.496 e. The van der Waals surface area contributed by atoms with Crippen molar-refractivity contribution >= 4 is 16.7 Å².